The first kappa shape index (κ1) is 11.9. The zero-order chi connectivity index (χ0) is 11.4. The van der Waals surface area contributed by atoms with Gasteiger partial charge in [0.25, 0.3) is 5.91 Å². The van der Waals surface area contributed by atoms with Crippen molar-refractivity contribution in [2.75, 3.05) is 0 Å². The van der Waals surface area contributed by atoms with Crippen molar-refractivity contribution in [1.82, 2.24) is 5.32 Å². The number of nitrogens with one attached hydrogen (secondary N) is 1. The van der Waals surface area contributed by atoms with E-state index in [1.165, 1.54) is 12.1 Å². The van der Waals surface area contributed by atoms with Gasteiger partial charge in [0, 0.05) is 6.20 Å². The third-order valence-electron chi connectivity index (χ3n) is 1.71. The summed E-state index contributed by atoms with van der Waals surface area (Å²) in [5.74, 6) is -0.544. The van der Waals surface area contributed by atoms with Crippen molar-refractivity contribution in [3.63, 3.8) is 0 Å². The van der Waals surface area contributed by atoms with E-state index in [0.717, 1.165) is 11.8 Å². The highest BCUT2D eigenvalue weighted by atomic mass is 35.5. The summed E-state index contributed by atoms with van der Waals surface area (Å²) in [6, 6.07) is 4.75. The zero-order valence-corrected chi connectivity index (χ0v) is 9.43. The Morgan fingerprint density at radius 1 is 1.47 bits per heavy atom. The quantitative estimate of drug-likeness (QED) is 0.842. The molecule has 1 aromatic carbocycles. The van der Waals surface area contributed by atoms with Crippen LogP contribution in [0.1, 0.15) is 15.9 Å². The fourth-order valence-corrected chi connectivity index (χ4v) is 1.14. The molecule has 1 amide bonds. The van der Waals surface area contributed by atoms with Gasteiger partial charge in [-0.15, -0.1) is 0 Å². The van der Waals surface area contributed by atoms with Gasteiger partial charge < -0.3 is 10.4 Å². The molecule has 0 fully saturated rings. The number of phenolic OH excluding ortho intramolecular Hbond substituents is 1. The molecule has 0 bridgehead atoms. The van der Waals surface area contributed by atoms with Crippen molar-refractivity contribution < 1.29 is 9.90 Å². The monoisotopic (exact) mass is 245 g/mol. The van der Waals surface area contributed by atoms with Crippen LogP contribution in [0.15, 0.2) is 28.9 Å². The van der Waals surface area contributed by atoms with Gasteiger partial charge in [0.15, 0.2) is 0 Å². The molecule has 0 saturated carbocycles. The minimum absolute atomic E-state index is 0.0602. The van der Waals surface area contributed by atoms with E-state index >= 15 is 0 Å². The topological polar surface area (TPSA) is 49.3 Å². The molecule has 80 valence electrons. The van der Waals surface area contributed by atoms with E-state index in [-0.39, 0.29) is 15.8 Å². The van der Waals surface area contributed by atoms with E-state index < -0.39 is 5.91 Å². The smallest absolute Gasteiger partial charge is 0.259 e. The minimum Gasteiger partial charge on any atom is -0.507 e. The van der Waals surface area contributed by atoms with Crippen molar-refractivity contribution in [2.45, 2.75) is 6.92 Å². The molecule has 1 rings (SSSR count). The second-order valence-corrected chi connectivity index (χ2v) is 3.94. The van der Waals surface area contributed by atoms with Crippen LogP contribution in [0.5, 0.6) is 5.75 Å². The first-order valence-corrected chi connectivity index (χ1v) is 4.88. The van der Waals surface area contributed by atoms with Crippen LogP contribution in [0.3, 0.4) is 0 Å². The lowest BCUT2D eigenvalue weighted by molar-refractivity contribution is 0.0967. The summed E-state index contributed by atoms with van der Waals surface area (Å²) >= 11 is 10.6. The summed E-state index contributed by atoms with van der Waals surface area (Å²) < 4.78 is -0.0602. The molecule has 15 heavy (non-hydrogen) atoms. The summed E-state index contributed by atoms with van der Waals surface area (Å²) in [5.41, 5.74) is 1.04. The van der Waals surface area contributed by atoms with Gasteiger partial charge in [-0.05, 0) is 24.6 Å². The third-order valence-corrected chi connectivity index (χ3v) is 1.93. The Hall–Kier alpha value is -1.19. The number of hydrogen-bond donors (Lipinski definition) is 2. The Kier molecular flexibility index (Phi) is 4.00. The van der Waals surface area contributed by atoms with Crippen LogP contribution in [-0.2, 0) is 0 Å². The number of amides is 1. The Morgan fingerprint density at radius 3 is 2.67 bits per heavy atom. The number of hydrogen-bond acceptors (Lipinski definition) is 2. The Bertz CT molecular complexity index is 412. The normalized spacial score (nSPS) is 9.53. The Balaban J connectivity index is 2.87. The minimum atomic E-state index is -0.466. The van der Waals surface area contributed by atoms with Gasteiger partial charge in [0.2, 0.25) is 0 Å². The van der Waals surface area contributed by atoms with E-state index in [1.54, 1.807) is 6.07 Å². The molecule has 0 aliphatic heterocycles. The Labute approximate surface area is 97.3 Å². The van der Waals surface area contributed by atoms with Crippen molar-refractivity contribution in [1.29, 1.82) is 0 Å². The highest BCUT2D eigenvalue weighted by Crippen LogP contribution is 2.18. The summed E-state index contributed by atoms with van der Waals surface area (Å²) in [4.78, 5) is 11.4. The molecule has 0 atom stereocenters. The van der Waals surface area contributed by atoms with Gasteiger partial charge in [-0.25, -0.2) is 0 Å². The van der Waals surface area contributed by atoms with Crippen LogP contribution < -0.4 is 5.32 Å². The molecule has 0 aliphatic carbocycles. The number of carbonyl (C=O) groups excluding carboxylic acids is 1. The highest BCUT2D eigenvalue weighted by molar-refractivity contribution is 6.55. The van der Waals surface area contributed by atoms with Crippen LogP contribution in [0.2, 0.25) is 0 Å². The molecule has 0 saturated heterocycles. The van der Waals surface area contributed by atoms with Crippen molar-refractivity contribution in [3.8, 4) is 5.75 Å². The van der Waals surface area contributed by atoms with Gasteiger partial charge in [-0.2, -0.15) is 0 Å². The summed E-state index contributed by atoms with van der Waals surface area (Å²) in [6.07, 6.45) is 1.14. The highest BCUT2D eigenvalue weighted by Gasteiger charge is 2.09. The van der Waals surface area contributed by atoms with Gasteiger partial charge >= 0.3 is 0 Å². The standard InChI is InChI=1S/C10H9Cl2NO2/c1-6-2-3-7(8(14)4-6)10(15)13-5-9(11)12/h2-5,14H,1H3,(H,13,15). The van der Waals surface area contributed by atoms with Crippen LogP contribution in [0.4, 0.5) is 0 Å². The van der Waals surface area contributed by atoms with Crippen LogP contribution in [0.25, 0.3) is 0 Å². The summed E-state index contributed by atoms with van der Waals surface area (Å²) in [5, 5.41) is 11.8. The summed E-state index contributed by atoms with van der Waals surface area (Å²) in [6.45, 7) is 1.82. The van der Waals surface area contributed by atoms with Crippen LogP contribution >= 0.6 is 23.2 Å². The van der Waals surface area contributed by atoms with Gasteiger partial charge in [-0.1, -0.05) is 29.3 Å². The molecule has 1 aromatic rings. The number of rotatable bonds is 2. The molecule has 2 N–H and O–H groups in total. The maximum absolute atomic E-state index is 11.4. The molecule has 0 spiro atoms. The SMILES string of the molecule is Cc1ccc(C(=O)NC=C(Cl)Cl)c(O)c1. The lowest BCUT2D eigenvalue weighted by Crippen LogP contribution is -2.17. The lowest BCUT2D eigenvalue weighted by atomic mass is 10.1. The van der Waals surface area contributed by atoms with E-state index in [0.29, 0.717) is 0 Å². The maximum Gasteiger partial charge on any atom is 0.259 e. The number of aryl methyl sites for hydroxylation is 1. The molecule has 0 aliphatic rings. The van der Waals surface area contributed by atoms with Crippen molar-refractivity contribution in [2.24, 2.45) is 0 Å². The van der Waals surface area contributed by atoms with Crippen molar-refractivity contribution in [3.05, 3.63) is 40.0 Å². The number of carbonyl (C=O) groups is 1. The average Bonchev–Trinajstić information content (AvgIpc) is 2.14. The first-order chi connectivity index (χ1) is 7.00. The van der Waals surface area contributed by atoms with Gasteiger partial charge in [0.05, 0.1) is 5.56 Å². The molecule has 0 heterocycles. The Morgan fingerprint density at radius 2 is 2.13 bits per heavy atom. The summed E-state index contributed by atoms with van der Waals surface area (Å²) in [7, 11) is 0. The second-order valence-electron chi connectivity index (χ2n) is 2.93. The number of benzene rings is 1. The second kappa shape index (κ2) is 5.05. The maximum atomic E-state index is 11.4. The molecule has 5 heteroatoms. The molecular formula is C10H9Cl2NO2. The van der Waals surface area contributed by atoms with Gasteiger partial charge in [0.1, 0.15) is 10.2 Å². The number of aromatic hydroxyl groups is 1. The average molecular weight is 246 g/mol. The van der Waals surface area contributed by atoms with Crippen LogP contribution in [-0.4, -0.2) is 11.0 Å². The lowest BCUT2D eigenvalue weighted by Gasteiger charge is -2.03. The van der Waals surface area contributed by atoms with E-state index in [2.05, 4.69) is 5.32 Å². The fraction of sp³-hybridized carbons (Fsp3) is 0.100. The zero-order valence-electron chi connectivity index (χ0n) is 7.92. The fourth-order valence-electron chi connectivity index (χ4n) is 1.03. The third kappa shape index (κ3) is 3.46. The van der Waals surface area contributed by atoms with Crippen LogP contribution in [0, 0.1) is 6.92 Å². The molecule has 0 radical (unpaired) electrons. The predicted molar refractivity (Wildman–Crippen MR) is 60.1 cm³/mol. The molecule has 3 nitrogen and oxygen atoms in total. The number of phenols is 1. The molecule has 0 unspecified atom stereocenters. The largest absolute Gasteiger partial charge is 0.507 e. The van der Waals surface area contributed by atoms with Crippen molar-refractivity contribution >= 4 is 29.1 Å². The predicted octanol–water partition coefficient (Wildman–Crippen LogP) is 2.71. The molecule has 0 aromatic heterocycles. The number of halogens is 2. The van der Waals surface area contributed by atoms with Gasteiger partial charge in [-0.3, -0.25) is 4.79 Å². The van der Waals surface area contributed by atoms with E-state index in [1.807, 2.05) is 6.92 Å². The van der Waals surface area contributed by atoms with E-state index in [4.69, 9.17) is 23.2 Å². The first-order valence-electron chi connectivity index (χ1n) is 4.12. The van der Waals surface area contributed by atoms with E-state index in [9.17, 15) is 9.90 Å². The molecular weight excluding hydrogens is 237 g/mol.